The van der Waals surface area contributed by atoms with Gasteiger partial charge in [0, 0.05) is 43.8 Å². The van der Waals surface area contributed by atoms with Gasteiger partial charge in [0.15, 0.2) is 28.8 Å². The number of aliphatic carboxylic acids is 1. The van der Waals surface area contributed by atoms with Crippen LogP contribution >= 0.6 is 0 Å². The van der Waals surface area contributed by atoms with Gasteiger partial charge in [0.1, 0.15) is 5.82 Å². The normalized spacial score (nSPS) is 20.0. The third kappa shape index (κ3) is 5.44. The number of hydrogen-bond acceptors (Lipinski definition) is 5. The number of benzene rings is 2. The largest absolute Gasteiger partial charge is 0.481 e. The highest BCUT2D eigenvalue weighted by Gasteiger charge is 2.57. The van der Waals surface area contributed by atoms with E-state index in [4.69, 9.17) is 5.11 Å². The maximum absolute atomic E-state index is 14.3. The Morgan fingerprint density at radius 2 is 1.65 bits per heavy atom. The zero-order valence-corrected chi connectivity index (χ0v) is 24.0. The molecule has 11 heteroatoms. The van der Waals surface area contributed by atoms with Gasteiger partial charge in [-0.1, -0.05) is 44.2 Å². The van der Waals surface area contributed by atoms with E-state index in [1.807, 2.05) is 37.3 Å². The highest BCUT2D eigenvalue weighted by atomic mass is 19.2. The molecule has 1 aliphatic heterocycles. The number of halogens is 3. The van der Waals surface area contributed by atoms with Gasteiger partial charge in [-0.3, -0.25) is 9.59 Å². The number of likely N-dealkylation sites (tertiary alicyclic amines) is 1. The molecule has 6 rings (SSSR count). The van der Waals surface area contributed by atoms with E-state index < -0.39 is 23.4 Å². The van der Waals surface area contributed by atoms with Crippen molar-refractivity contribution in [2.24, 2.45) is 23.7 Å². The van der Waals surface area contributed by atoms with Crippen LogP contribution in [-0.4, -0.2) is 56.1 Å². The molecule has 1 saturated heterocycles. The van der Waals surface area contributed by atoms with Gasteiger partial charge in [-0.25, -0.2) is 18.2 Å². The third-order valence-electron chi connectivity index (χ3n) is 8.58. The molecule has 2 unspecified atom stereocenters. The highest BCUT2D eigenvalue weighted by Crippen LogP contribution is 2.53. The van der Waals surface area contributed by atoms with E-state index in [1.165, 1.54) is 0 Å². The monoisotopic (exact) mass is 591 g/mol. The average Bonchev–Trinajstić information content (AvgIpc) is 3.32. The minimum absolute atomic E-state index is 0.0511. The van der Waals surface area contributed by atoms with Crippen molar-refractivity contribution in [2.75, 3.05) is 24.5 Å². The van der Waals surface area contributed by atoms with E-state index in [2.05, 4.69) is 28.8 Å². The zero-order chi connectivity index (χ0) is 30.6. The lowest BCUT2D eigenvalue weighted by Crippen LogP contribution is -2.33. The summed E-state index contributed by atoms with van der Waals surface area (Å²) in [5, 5.41) is 13.8. The molecule has 8 nitrogen and oxygen atoms in total. The first-order valence-electron chi connectivity index (χ1n) is 14.4. The number of anilines is 1. The number of aromatic nitrogens is 3. The molecule has 2 aromatic heterocycles. The fourth-order valence-corrected chi connectivity index (χ4v) is 6.36. The predicted octanol–water partition coefficient (Wildman–Crippen LogP) is 5.83. The van der Waals surface area contributed by atoms with Gasteiger partial charge in [-0.15, -0.1) is 0 Å². The minimum atomic E-state index is -1.56. The number of carboxylic acids is 1. The summed E-state index contributed by atoms with van der Waals surface area (Å²) in [7, 11) is 0. The number of amides is 1. The van der Waals surface area contributed by atoms with Crippen molar-refractivity contribution in [2.45, 2.75) is 33.2 Å². The molecular weight excluding hydrogens is 559 g/mol. The molecule has 224 valence electrons. The summed E-state index contributed by atoms with van der Waals surface area (Å²) in [6.45, 7) is 7.72. The Morgan fingerprint density at radius 3 is 2.26 bits per heavy atom. The molecule has 1 saturated carbocycles. The lowest BCUT2D eigenvalue weighted by molar-refractivity contribution is -0.137. The van der Waals surface area contributed by atoms with Gasteiger partial charge in [-0.05, 0) is 48.3 Å². The molecule has 3 heterocycles. The first-order chi connectivity index (χ1) is 20.5. The molecule has 43 heavy (non-hydrogen) atoms. The number of carbonyl (C=O) groups is 2. The number of piperidine rings is 1. The second kappa shape index (κ2) is 11.0. The van der Waals surface area contributed by atoms with E-state index in [1.54, 1.807) is 21.5 Å². The predicted molar refractivity (Wildman–Crippen MR) is 154 cm³/mol. The fraction of sp³-hybridized carbons (Fsp3) is 0.375. The Balaban J connectivity index is 1.43. The van der Waals surface area contributed by atoms with E-state index >= 15 is 0 Å². The quantitative estimate of drug-likeness (QED) is 0.247. The molecular formula is C32H32F3N5O3. The molecule has 0 radical (unpaired) electrons. The summed E-state index contributed by atoms with van der Waals surface area (Å²) in [6.07, 6.45) is 0.109. The Kier molecular flexibility index (Phi) is 7.35. The lowest BCUT2D eigenvalue weighted by Gasteiger charge is -2.33. The second-order valence-electron chi connectivity index (χ2n) is 12.0. The number of rotatable bonds is 9. The smallest absolute Gasteiger partial charge is 0.303 e. The van der Waals surface area contributed by atoms with Crippen LogP contribution in [0.3, 0.4) is 0 Å². The molecule has 2 aliphatic rings. The number of carboxylic acid groups (broad SMARTS) is 1. The molecule has 2 fully saturated rings. The van der Waals surface area contributed by atoms with Gasteiger partial charge < -0.3 is 14.9 Å². The van der Waals surface area contributed by atoms with Crippen LogP contribution in [0.4, 0.5) is 19.0 Å². The summed E-state index contributed by atoms with van der Waals surface area (Å²) < 4.78 is 43.9. The average molecular weight is 592 g/mol. The van der Waals surface area contributed by atoms with Crippen LogP contribution in [-0.2, 0) is 4.79 Å². The zero-order valence-electron chi connectivity index (χ0n) is 24.0. The number of fused-ring (bicyclic) bond motifs is 2. The Bertz CT molecular complexity index is 1670. The molecule has 0 spiro atoms. The van der Waals surface area contributed by atoms with Crippen molar-refractivity contribution in [1.29, 1.82) is 0 Å². The molecule has 4 atom stereocenters. The van der Waals surface area contributed by atoms with Crippen LogP contribution in [0.15, 0.2) is 54.6 Å². The summed E-state index contributed by atoms with van der Waals surface area (Å²) in [6, 6.07) is 14.7. The van der Waals surface area contributed by atoms with Crippen LogP contribution in [0, 0.1) is 41.1 Å². The first-order valence-corrected chi connectivity index (χ1v) is 14.4. The van der Waals surface area contributed by atoms with E-state index in [9.17, 15) is 22.8 Å². The highest BCUT2D eigenvalue weighted by molar-refractivity contribution is 5.94. The van der Waals surface area contributed by atoms with Crippen LogP contribution in [0.2, 0.25) is 0 Å². The molecule has 1 aliphatic carbocycles. The van der Waals surface area contributed by atoms with E-state index in [-0.39, 0.29) is 59.0 Å². The van der Waals surface area contributed by atoms with Gasteiger partial charge in [-0.2, -0.15) is 9.61 Å². The number of nitrogens with zero attached hydrogens (tertiary/aromatic N) is 5. The Labute approximate surface area is 246 Å². The van der Waals surface area contributed by atoms with Crippen molar-refractivity contribution >= 4 is 23.3 Å². The SMILES string of the molecule is CC(C)CN(c1cc(-c2cc(F)c(F)c(F)c2)nc2cc(C(=O)N3CC4C(CC(=O)O)[C@@H]4C3)nn12)[C@@H](C)c1ccccc1. The maximum Gasteiger partial charge on any atom is 0.303 e. The van der Waals surface area contributed by atoms with Gasteiger partial charge in [0.2, 0.25) is 0 Å². The van der Waals surface area contributed by atoms with Crippen LogP contribution < -0.4 is 4.90 Å². The lowest BCUT2D eigenvalue weighted by atomic mass is 10.0. The maximum atomic E-state index is 14.3. The number of hydrogen-bond donors (Lipinski definition) is 1. The Hall–Kier alpha value is -4.41. The first kappa shape index (κ1) is 28.7. The van der Waals surface area contributed by atoms with Crippen molar-refractivity contribution < 1.29 is 27.9 Å². The summed E-state index contributed by atoms with van der Waals surface area (Å²) in [5.41, 5.74) is 1.74. The van der Waals surface area contributed by atoms with Crippen LogP contribution in [0.1, 0.15) is 49.3 Å². The standard InChI is InChI=1S/C32H32F3N5O3/c1-17(2)14-39(18(3)19-7-5-4-6-8-19)29-13-26(20-9-24(33)31(35)25(34)10-20)36-28-12-27(37-40(28)29)32(43)38-15-22-21(11-30(41)42)23(22)16-38/h4-10,12-13,17-18,21-23H,11,14-16H2,1-3H3,(H,41,42)/t18-,21?,22-,23?/m0/s1. The van der Waals surface area contributed by atoms with Gasteiger partial charge in [0.05, 0.1) is 11.7 Å². The van der Waals surface area contributed by atoms with Crippen molar-refractivity contribution in [3.63, 3.8) is 0 Å². The van der Waals surface area contributed by atoms with Crippen molar-refractivity contribution in [1.82, 2.24) is 19.5 Å². The number of carbonyl (C=O) groups excluding carboxylic acids is 1. The van der Waals surface area contributed by atoms with E-state index in [0.29, 0.717) is 31.1 Å². The van der Waals surface area contributed by atoms with E-state index in [0.717, 1.165) is 17.7 Å². The summed E-state index contributed by atoms with van der Waals surface area (Å²) in [5.74, 6) is -4.11. The van der Waals surface area contributed by atoms with Gasteiger partial charge in [0.25, 0.3) is 5.91 Å². The summed E-state index contributed by atoms with van der Waals surface area (Å²) >= 11 is 0. The Morgan fingerprint density at radius 1 is 1.00 bits per heavy atom. The fourth-order valence-electron chi connectivity index (χ4n) is 6.36. The van der Waals surface area contributed by atoms with Crippen LogP contribution in [0.25, 0.3) is 16.9 Å². The second-order valence-corrected chi connectivity index (χ2v) is 12.0. The van der Waals surface area contributed by atoms with Crippen LogP contribution in [0.5, 0.6) is 0 Å². The van der Waals surface area contributed by atoms with Crippen molar-refractivity contribution in [3.05, 3.63) is 83.3 Å². The summed E-state index contributed by atoms with van der Waals surface area (Å²) in [4.78, 5) is 33.1. The molecule has 0 bridgehead atoms. The molecule has 1 amide bonds. The molecule has 1 N–H and O–H groups in total. The van der Waals surface area contributed by atoms with Gasteiger partial charge >= 0.3 is 5.97 Å². The third-order valence-corrected chi connectivity index (χ3v) is 8.58. The van der Waals surface area contributed by atoms with Crippen molar-refractivity contribution in [3.8, 4) is 11.3 Å². The molecule has 4 aromatic rings. The minimum Gasteiger partial charge on any atom is -0.481 e. The molecule has 2 aromatic carbocycles. The topological polar surface area (TPSA) is 91.0 Å².